The monoisotopic (exact) mass is 477 g/mol. The zero-order valence-corrected chi connectivity index (χ0v) is 18.1. The Kier molecular flexibility index (Phi) is 7.54. The highest BCUT2D eigenvalue weighted by Crippen LogP contribution is 2.37. The summed E-state index contributed by atoms with van der Waals surface area (Å²) in [7, 11) is 0. The van der Waals surface area contributed by atoms with Crippen LogP contribution in [0.3, 0.4) is 0 Å². The van der Waals surface area contributed by atoms with Crippen molar-refractivity contribution in [3.63, 3.8) is 0 Å². The predicted octanol–water partition coefficient (Wildman–Crippen LogP) is 2.67. The number of benzene rings is 2. The highest BCUT2D eigenvalue weighted by molar-refractivity contribution is 6.11. The second-order valence-corrected chi connectivity index (χ2v) is 7.60. The molecule has 0 fully saturated rings. The standard InChI is InChI=1S/C23H22F3N3O5/c1-14(34-21(32)9-10-27-19(30)11-15-5-3-2-4-6-15)22(33)29-13-20(31)28-17-12-16(23(24,25)26)7-8-18(17)29/h2-8,12,14H,9-11,13H2,1H3,(H,27,30)(H,28,31). The maximum absolute atomic E-state index is 13.0. The quantitative estimate of drug-likeness (QED) is 0.597. The molecule has 11 heteroatoms. The van der Waals surface area contributed by atoms with Crippen molar-refractivity contribution in [2.45, 2.75) is 32.0 Å². The number of anilines is 2. The van der Waals surface area contributed by atoms with E-state index in [1.165, 1.54) is 6.92 Å². The number of carbonyl (C=O) groups is 4. The zero-order chi connectivity index (χ0) is 24.9. The minimum absolute atomic E-state index is 0.000579. The summed E-state index contributed by atoms with van der Waals surface area (Å²) in [6.45, 7) is 0.861. The Morgan fingerprint density at radius 2 is 1.85 bits per heavy atom. The van der Waals surface area contributed by atoms with E-state index < -0.39 is 42.2 Å². The maximum Gasteiger partial charge on any atom is 0.416 e. The number of hydrogen-bond acceptors (Lipinski definition) is 5. The average molecular weight is 477 g/mol. The van der Waals surface area contributed by atoms with Gasteiger partial charge in [0.2, 0.25) is 11.8 Å². The van der Waals surface area contributed by atoms with Crippen LogP contribution >= 0.6 is 0 Å². The van der Waals surface area contributed by atoms with Crippen LogP contribution in [0, 0.1) is 0 Å². The molecular formula is C23H22F3N3O5. The van der Waals surface area contributed by atoms with Gasteiger partial charge in [0.05, 0.1) is 29.8 Å². The van der Waals surface area contributed by atoms with E-state index in [2.05, 4.69) is 10.6 Å². The van der Waals surface area contributed by atoms with Gasteiger partial charge in [0.25, 0.3) is 5.91 Å². The third-order valence-corrected chi connectivity index (χ3v) is 4.97. The van der Waals surface area contributed by atoms with Gasteiger partial charge in [-0.25, -0.2) is 0 Å². The second kappa shape index (κ2) is 10.4. The van der Waals surface area contributed by atoms with Gasteiger partial charge in [-0.15, -0.1) is 0 Å². The van der Waals surface area contributed by atoms with Crippen LogP contribution in [0.15, 0.2) is 48.5 Å². The molecule has 180 valence electrons. The molecule has 0 aromatic heterocycles. The van der Waals surface area contributed by atoms with E-state index in [0.29, 0.717) is 0 Å². The van der Waals surface area contributed by atoms with Crippen LogP contribution in [-0.2, 0) is 36.5 Å². The Labute approximate surface area is 193 Å². The molecule has 34 heavy (non-hydrogen) atoms. The first-order valence-electron chi connectivity index (χ1n) is 10.4. The van der Waals surface area contributed by atoms with Crippen molar-refractivity contribution < 1.29 is 37.1 Å². The van der Waals surface area contributed by atoms with Crippen molar-refractivity contribution in [1.29, 1.82) is 0 Å². The fourth-order valence-electron chi connectivity index (χ4n) is 3.34. The van der Waals surface area contributed by atoms with E-state index in [9.17, 15) is 32.3 Å². The topological polar surface area (TPSA) is 105 Å². The number of rotatable bonds is 7. The lowest BCUT2D eigenvalue weighted by atomic mass is 10.1. The van der Waals surface area contributed by atoms with E-state index in [0.717, 1.165) is 28.7 Å². The molecule has 2 N–H and O–H groups in total. The molecule has 0 radical (unpaired) electrons. The van der Waals surface area contributed by atoms with Crippen molar-refractivity contribution in [1.82, 2.24) is 5.32 Å². The van der Waals surface area contributed by atoms with E-state index in [1.54, 1.807) is 24.3 Å². The minimum Gasteiger partial charge on any atom is -0.452 e. The van der Waals surface area contributed by atoms with Crippen LogP contribution in [0.4, 0.5) is 24.5 Å². The van der Waals surface area contributed by atoms with E-state index in [-0.39, 0.29) is 36.7 Å². The molecule has 3 amide bonds. The number of fused-ring (bicyclic) bond motifs is 1. The Bertz CT molecular complexity index is 1090. The smallest absolute Gasteiger partial charge is 0.416 e. The Morgan fingerprint density at radius 3 is 2.53 bits per heavy atom. The lowest BCUT2D eigenvalue weighted by Crippen LogP contribution is -2.47. The molecule has 0 saturated heterocycles. The van der Waals surface area contributed by atoms with Crippen LogP contribution in [0.25, 0.3) is 0 Å². The first kappa shape index (κ1) is 24.7. The highest BCUT2D eigenvalue weighted by atomic mass is 19.4. The Morgan fingerprint density at radius 1 is 1.15 bits per heavy atom. The summed E-state index contributed by atoms with van der Waals surface area (Å²) in [5.74, 6) is -2.48. The number of hydrogen-bond donors (Lipinski definition) is 2. The van der Waals surface area contributed by atoms with Crippen LogP contribution in [0.5, 0.6) is 0 Å². The van der Waals surface area contributed by atoms with Crippen LogP contribution in [0.2, 0.25) is 0 Å². The first-order valence-corrected chi connectivity index (χ1v) is 10.4. The Balaban J connectivity index is 1.54. The number of amides is 3. The fourth-order valence-corrected chi connectivity index (χ4v) is 3.34. The normalized spacial score (nSPS) is 14.0. The molecule has 1 heterocycles. The largest absolute Gasteiger partial charge is 0.452 e. The molecule has 1 atom stereocenters. The minimum atomic E-state index is -4.62. The number of halogens is 3. The zero-order valence-electron chi connectivity index (χ0n) is 18.1. The van der Waals surface area contributed by atoms with Gasteiger partial charge in [-0.2, -0.15) is 13.2 Å². The summed E-state index contributed by atoms with van der Waals surface area (Å²) in [4.78, 5) is 49.7. The van der Waals surface area contributed by atoms with E-state index in [1.807, 2.05) is 6.07 Å². The van der Waals surface area contributed by atoms with Crippen molar-refractivity contribution >= 4 is 35.1 Å². The average Bonchev–Trinajstić information content (AvgIpc) is 2.77. The number of nitrogens with zero attached hydrogens (tertiary/aromatic N) is 1. The van der Waals surface area contributed by atoms with Crippen LogP contribution < -0.4 is 15.5 Å². The van der Waals surface area contributed by atoms with Crippen molar-refractivity contribution in [3.8, 4) is 0 Å². The van der Waals surface area contributed by atoms with Gasteiger partial charge in [-0.1, -0.05) is 30.3 Å². The van der Waals surface area contributed by atoms with Gasteiger partial charge >= 0.3 is 12.1 Å². The van der Waals surface area contributed by atoms with Crippen LogP contribution in [0.1, 0.15) is 24.5 Å². The number of esters is 1. The molecular weight excluding hydrogens is 455 g/mol. The van der Waals surface area contributed by atoms with Crippen molar-refractivity contribution in [2.75, 3.05) is 23.3 Å². The van der Waals surface area contributed by atoms with Gasteiger partial charge in [-0.05, 0) is 30.7 Å². The lowest BCUT2D eigenvalue weighted by molar-refractivity contribution is -0.153. The molecule has 3 rings (SSSR count). The molecule has 0 bridgehead atoms. The summed E-state index contributed by atoms with van der Waals surface area (Å²) in [5.41, 5.74) is -0.266. The number of ether oxygens (including phenoxy) is 1. The first-order chi connectivity index (χ1) is 16.0. The van der Waals surface area contributed by atoms with E-state index in [4.69, 9.17) is 4.74 Å². The lowest BCUT2D eigenvalue weighted by Gasteiger charge is -2.31. The molecule has 0 aliphatic carbocycles. The summed E-state index contributed by atoms with van der Waals surface area (Å²) in [5, 5.41) is 4.90. The van der Waals surface area contributed by atoms with Gasteiger partial charge in [0.15, 0.2) is 6.10 Å². The number of carbonyl (C=O) groups excluding carboxylic acids is 4. The van der Waals surface area contributed by atoms with Crippen molar-refractivity contribution in [3.05, 3.63) is 59.7 Å². The second-order valence-electron chi connectivity index (χ2n) is 7.60. The SMILES string of the molecule is CC(OC(=O)CCNC(=O)Cc1ccccc1)C(=O)N1CC(=O)Nc2cc(C(F)(F)F)ccc21. The molecule has 2 aromatic rings. The van der Waals surface area contributed by atoms with Crippen LogP contribution in [-0.4, -0.2) is 42.9 Å². The van der Waals surface area contributed by atoms with Gasteiger partial charge in [-0.3, -0.25) is 24.1 Å². The molecule has 2 aromatic carbocycles. The Hall–Kier alpha value is -3.89. The molecule has 1 aliphatic rings. The van der Waals surface area contributed by atoms with Crippen molar-refractivity contribution in [2.24, 2.45) is 0 Å². The molecule has 8 nitrogen and oxygen atoms in total. The van der Waals surface area contributed by atoms with Gasteiger partial charge in [0, 0.05) is 6.54 Å². The summed E-state index contributed by atoms with van der Waals surface area (Å²) in [6, 6.07) is 11.6. The maximum atomic E-state index is 13.0. The fraction of sp³-hybridized carbons (Fsp3) is 0.304. The van der Waals surface area contributed by atoms with E-state index >= 15 is 0 Å². The van der Waals surface area contributed by atoms with Gasteiger partial charge in [0.1, 0.15) is 6.54 Å². The number of nitrogens with one attached hydrogen (secondary N) is 2. The molecule has 0 saturated carbocycles. The number of alkyl halides is 3. The van der Waals surface area contributed by atoms with Gasteiger partial charge < -0.3 is 15.4 Å². The third kappa shape index (κ3) is 6.33. The molecule has 1 unspecified atom stereocenters. The summed E-state index contributed by atoms with van der Waals surface area (Å²) >= 11 is 0. The third-order valence-electron chi connectivity index (χ3n) is 4.97. The molecule has 0 spiro atoms. The summed E-state index contributed by atoms with van der Waals surface area (Å²) in [6.07, 6.45) is -5.96. The molecule has 1 aliphatic heterocycles. The highest BCUT2D eigenvalue weighted by Gasteiger charge is 2.35. The summed E-state index contributed by atoms with van der Waals surface area (Å²) < 4.78 is 44.0. The predicted molar refractivity (Wildman–Crippen MR) is 116 cm³/mol.